The first kappa shape index (κ1) is 16.8. The van der Waals surface area contributed by atoms with Gasteiger partial charge in [0.25, 0.3) is 0 Å². The van der Waals surface area contributed by atoms with E-state index in [4.69, 9.17) is 23.2 Å². The van der Waals surface area contributed by atoms with Crippen LogP contribution in [0.3, 0.4) is 0 Å². The maximum Gasteiger partial charge on any atom is 0.141 e. The van der Waals surface area contributed by atoms with Gasteiger partial charge in [-0.15, -0.1) is 11.3 Å². The minimum absolute atomic E-state index is 0.123. The summed E-state index contributed by atoms with van der Waals surface area (Å²) in [6.45, 7) is 5.04. The van der Waals surface area contributed by atoms with Gasteiger partial charge >= 0.3 is 0 Å². The molecule has 0 aliphatic carbocycles. The van der Waals surface area contributed by atoms with Crippen molar-refractivity contribution in [2.75, 3.05) is 6.54 Å². The van der Waals surface area contributed by atoms with E-state index < -0.39 is 0 Å². The topological polar surface area (TPSA) is 12.0 Å². The van der Waals surface area contributed by atoms with E-state index in [-0.39, 0.29) is 16.9 Å². The molecule has 1 aromatic carbocycles. The fourth-order valence-corrected chi connectivity index (χ4v) is 3.77. The highest BCUT2D eigenvalue weighted by molar-refractivity contribution is 7.10. The number of hydrogen-bond acceptors (Lipinski definition) is 2. The lowest BCUT2D eigenvalue weighted by Crippen LogP contribution is -2.23. The second-order valence-electron chi connectivity index (χ2n) is 5.06. The molecule has 1 atom stereocenters. The molecule has 0 aliphatic rings. The number of aryl methyl sites for hydroxylation is 1. The molecule has 21 heavy (non-hydrogen) atoms. The van der Waals surface area contributed by atoms with Gasteiger partial charge in [-0.3, -0.25) is 0 Å². The maximum atomic E-state index is 13.3. The van der Waals surface area contributed by atoms with Gasteiger partial charge < -0.3 is 5.32 Å². The van der Waals surface area contributed by atoms with Gasteiger partial charge in [0, 0.05) is 10.9 Å². The van der Waals surface area contributed by atoms with Crippen molar-refractivity contribution in [2.45, 2.75) is 32.7 Å². The monoisotopic (exact) mass is 345 g/mol. The molecule has 2 rings (SSSR count). The van der Waals surface area contributed by atoms with Crippen LogP contribution in [0.5, 0.6) is 0 Å². The zero-order chi connectivity index (χ0) is 15.4. The van der Waals surface area contributed by atoms with Crippen LogP contribution in [0.4, 0.5) is 4.39 Å². The van der Waals surface area contributed by atoms with E-state index in [0.29, 0.717) is 0 Å². The Morgan fingerprint density at radius 2 is 2.10 bits per heavy atom. The van der Waals surface area contributed by atoms with Gasteiger partial charge in [-0.1, -0.05) is 36.2 Å². The molecule has 0 bridgehead atoms. The summed E-state index contributed by atoms with van der Waals surface area (Å²) in [4.78, 5) is 1.13. The summed E-state index contributed by atoms with van der Waals surface area (Å²) in [7, 11) is 0. The molecular weight excluding hydrogens is 328 g/mol. The predicted octanol–water partition coefficient (Wildman–Crippen LogP) is 5.79. The van der Waals surface area contributed by atoms with Crippen molar-refractivity contribution in [3.63, 3.8) is 0 Å². The Hall–Kier alpha value is -0.610. The fraction of sp³-hybridized carbons (Fsp3) is 0.375. The van der Waals surface area contributed by atoms with E-state index in [1.807, 2.05) is 6.92 Å². The normalized spacial score (nSPS) is 12.6. The third-order valence-corrected chi connectivity index (χ3v) is 5.42. The summed E-state index contributed by atoms with van der Waals surface area (Å²) >= 11 is 13.9. The maximum absolute atomic E-state index is 13.3. The number of rotatable bonds is 6. The third kappa shape index (κ3) is 4.19. The zero-order valence-electron chi connectivity index (χ0n) is 12.1. The van der Waals surface area contributed by atoms with Gasteiger partial charge in [0.15, 0.2) is 0 Å². The van der Waals surface area contributed by atoms with Crippen molar-refractivity contribution in [1.29, 1.82) is 0 Å². The summed E-state index contributed by atoms with van der Waals surface area (Å²) < 4.78 is 13.3. The first-order valence-corrected chi connectivity index (χ1v) is 8.57. The van der Waals surface area contributed by atoms with Crippen LogP contribution in [-0.4, -0.2) is 6.54 Å². The van der Waals surface area contributed by atoms with E-state index in [0.717, 1.165) is 40.4 Å². The molecular formula is C16H18Cl2FNS. The molecule has 1 N–H and O–H groups in total. The Morgan fingerprint density at radius 1 is 1.33 bits per heavy atom. The first-order chi connectivity index (χ1) is 10.0. The number of hydrogen-bond donors (Lipinski definition) is 1. The number of benzene rings is 1. The van der Waals surface area contributed by atoms with Crippen LogP contribution in [0.2, 0.25) is 10.0 Å². The van der Waals surface area contributed by atoms with Gasteiger partial charge in [0.05, 0.1) is 10.0 Å². The van der Waals surface area contributed by atoms with Crippen molar-refractivity contribution >= 4 is 34.5 Å². The van der Waals surface area contributed by atoms with Crippen LogP contribution in [-0.2, 0) is 6.42 Å². The number of thiophene rings is 1. The Balaban J connectivity index is 2.23. The molecule has 0 saturated carbocycles. The molecule has 1 aromatic heterocycles. The average Bonchev–Trinajstić information content (AvgIpc) is 2.79. The van der Waals surface area contributed by atoms with E-state index in [9.17, 15) is 4.39 Å². The highest BCUT2D eigenvalue weighted by Gasteiger charge is 2.18. The van der Waals surface area contributed by atoms with E-state index in [2.05, 4.69) is 17.6 Å². The number of nitrogens with one attached hydrogen (secondary N) is 1. The van der Waals surface area contributed by atoms with Crippen molar-refractivity contribution in [3.05, 3.63) is 55.4 Å². The molecule has 1 nitrogen and oxygen atoms in total. The fourth-order valence-electron chi connectivity index (χ4n) is 2.16. The molecule has 0 amide bonds. The van der Waals surface area contributed by atoms with Crippen LogP contribution >= 0.6 is 34.5 Å². The van der Waals surface area contributed by atoms with Crippen LogP contribution < -0.4 is 5.32 Å². The van der Waals surface area contributed by atoms with Crippen molar-refractivity contribution in [3.8, 4) is 0 Å². The van der Waals surface area contributed by atoms with Gasteiger partial charge in [-0.25, -0.2) is 4.39 Å². The third-order valence-electron chi connectivity index (χ3n) is 3.31. The SMILES string of the molecule is CCCNC(Cc1ccc(F)c(Cl)c1)c1scc(C)c1Cl. The first-order valence-electron chi connectivity index (χ1n) is 6.93. The zero-order valence-corrected chi connectivity index (χ0v) is 14.4. The second kappa shape index (κ2) is 7.59. The molecule has 2 aromatic rings. The summed E-state index contributed by atoms with van der Waals surface area (Å²) in [5.41, 5.74) is 2.09. The molecule has 0 radical (unpaired) electrons. The minimum Gasteiger partial charge on any atom is -0.309 e. The largest absolute Gasteiger partial charge is 0.309 e. The van der Waals surface area contributed by atoms with Gasteiger partial charge in [0.2, 0.25) is 0 Å². The highest BCUT2D eigenvalue weighted by Crippen LogP contribution is 2.34. The summed E-state index contributed by atoms with van der Waals surface area (Å²) in [6.07, 6.45) is 1.78. The molecule has 0 aliphatic heterocycles. The molecule has 114 valence electrons. The van der Waals surface area contributed by atoms with E-state index in [1.165, 1.54) is 6.07 Å². The molecule has 5 heteroatoms. The minimum atomic E-state index is -0.386. The number of halogens is 3. The average molecular weight is 346 g/mol. The van der Waals surface area contributed by atoms with Crippen LogP contribution in [0.25, 0.3) is 0 Å². The van der Waals surface area contributed by atoms with Crippen LogP contribution in [0.1, 0.15) is 35.4 Å². The highest BCUT2D eigenvalue weighted by atomic mass is 35.5. The molecule has 1 heterocycles. The lowest BCUT2D eigenvalue weighted by atomic mass is 10.0. The Labute approximate surface area is 139 Å². The standard InChI is InChI=1S/C16H18Cl2FNS/c1-3-6-20-14(16-15(18)10(2)9-21-16)8-11-4-5-13(19)12(17)7-11/h4-5,7,9,14,20H,3,6,8H2,1-2H3. The Kier molecular flexibility index (Phi) is 6.06. The van der Waals surface area contributed by atoms with Gasteiger partial charge in [0.1, 0.15) is 5.82 Å². The lowest BCUT2D eigenvalue weighted by Gasteiger charge is -2.18. The van der Waals surface area contributed by atoms with Crippen LogP contribution in [0, 0.1) is 12.7 Å². The Morgan fingerprint density at radius 3 is 2.67 bits per heavy atom. The van der Waals surface area contributed by atoms with E-state index >= 15 is 0 Å². The van der Waals surface area contributed by atoms with Crippen molar-refractivity contribution in [1.82, 2.24) is 5.32 Å². The predicted molar refractivity (Wildman–Crippen MR) is 90.2 cm³/mol. The van der Waals surface area contributed by atoms with E-state index in [1.54, 1.807) is 23.5 Å². The lowest BCUT2D eigenvalue weighted by molar-refractivity contribution is 0.536. The summed E-state index contributed by atoms with van der Waals surface area (Å²) in [5.74, 6) is -0.386. The molecule has 0 spiro atoms. The summed E-state index contributed by atoms with van der Waals surface area (Å²) in [5, 5.41) is 6.56. The summed E-state index contributed by atoms with van der Waals surface area (Å²) in [6, 6.07) is 5.00. The quantitative estimate of drug-likeness (QED) is 0.698. The van der Waals surface area contributed by atoms with Crippen molar-refractivity contribution < 1.29 is 4.39 Å². The second-order valence-corrected chi connectivity index (χ2v) is 6.75. The van der Waals surface area contributed by atoms with Crippen LogP contribution in [0.15, 0.2) is 23.6 Å². The van der Waals surface area contributed by atoms with Crippen molar-refractivity contribution in [2.24, 2.45) is 0 Å². The molecule has 1 unspecified atom stereocenters. The van der Waals surface area contributed by atoms with Gasteiger partial charge in [-0.2, -0.15) is 0 Å². The molecule has 0 fully saturated rings. The molecule has 0 saturated heterocycles. The smallest absolute Gasteiger partial charge is 0.141 e. The Bertz CT molecular complexity index is 612. The van der Waals surface area contributed by atoms with Gasteiger partial charge in [-0.05, 0) is 54.9 Å².